The largest absolute Gasteiger partial charge is 1.00 e. The summed E-state index contributed by atoms with van der Waals surface area (Å²) in [4.78, 5) is 0. The first-order chi connectivity index (χ1) is 14.4. The van der Waals surface area contributed by atoms with Crippen molar-refractivity contribution in [2.45, 2.75) is 45.6 Å². The molecule has 0 aliphatic carbocycles. The number of rotatable bonds is 9. The van der Waals surface area contributed by atoms with Crippen LogP contribution in [0.3, 0.4) is 0 Å². The zero-order valence-corrected chi connectivity index (χ0v) is 21.3. The van der Waals surface area contributed by atoms with Crippen LogP contribution in [0.15, 0.2) is 103 Å². The molecule has 3 heteroatoms. The van der Waals surface area contributed by atoms with Gasteiger partial charge in [0, 0.05) is 0 Å². The highest BCUT2D eigenvalue weighted by molar-refractivity contribution is 7.95. The van der Waals surface area contributed by atoms with E-state index < -0.39 is 12.9 Å². The lowest BCUT2D eigenvalue weighted by Crippen LogP contribution is -3.00. The Morgan fingerprint density at radius 2 is 1.16 bits per heavy atom. The molecule has 1 N–H and O–H groups in total. The molecule has 3 aromatic rings. The quantitative estimate of drug-likeness (QED) is 0.356. The van der Waals surface area contributed by atoms with E-state index in [1.165, 1.54) is 21.5 Å². The number of benzene rings is 3. The highest BCUT2D eigenvalue weighted by atomic mass is 79.9. The zero-order valence-electron chi connectivity index (χ0n) is 18.8. The van der Waals surface area contributed by atoms with Crippen LogP contribution in [0.1, 0.15) is 40.0 Å². The van der Waals surface area contributed by atoms with Gasteiger partial charge in [-0.3, -0.25) is 0 Å². The Hall–Kier alpha value is -1.73. The molecule has 0 bridgehead atoms. The highest BCUT2D eigenvalue weighted by Crippen LogP contribution is 2.55. The maximum absolute atomic E-state index is 10.0. The standard InChI is InChI=1S/C28H34OP.BrH/c1-24(14-13-22-28(2,3)29)21-23-30(25-15-7-4-8-16-25,26-17-9-5-10-18-26)27-19-11-6-12-20-27;/h4-12,15-21,29H,13-14,22-23H2,1-3H3;1H/q+1;/p-1/b24-21+;. The van der Waals surface area contributed by atoms with Gasteiger partial charge in [0.25, 0.3) is 0 Å². The molecular weight excluding hydrogens is 463 g/mol. The molecule has 164 valence electrons. The Morgan fingerprint density at radius 1 is 0.774 bits per heavy atom. The first-order valence-electron chi connectivity index (χ1n) is 10.8. The van der Waals surface area contributed by atoms with E-state index in [0.29, 0.717) is 0 Å². The van der Waals surface area contributed by atoms with Crippen molar-refractivity contribution in [2.75, 3.05) is 6.16 Å². The average molecular weight is 497 g/mol. The minimum atomic E-state index is -1.80. The molecule has 0 saturated carbocycles. The van der Waals surface area contributed by atoms with Gasteiger partial charge < -0.3 is 22.1 Å². The first kappa shape index (κ1) is 25.5. The Labute approximate surface area is 199 Å². The molecule has 0 amide bonds. The van der Waals surface area contributed by atoms with Crippen LogP contribution in [-0.2, 0) is 0 Å². The Balaban J connectivity index is 0.00000341. The third kappa shape index (κ3) is 6.88. The van der Waals surface area contributed by atoms with Crippen LogP contribution in [0.2, 0.25) is 0 Å². The number of allylic oxidation sites excluding steroid dienone is 2. The lowest BCUT2D eigenvalue weighted by molar-refractivity contribution is -0.0000153. The molecule has 0 spiro atoms. The lowest BCUT2D eigenvalue weighted by Gasteiger charge is -2.27. The van der Waals surface area contributed by atoms with Gasteiger partial charge in [-0.15, -0.1) is 0 Å². The predicted molar refractivity (Wildman–Crippen MR) is 134 cm³/mol. The van der Waals surface area contributed by atoms with Crippen molar-refractivity contribution in [1.82, 2.24) is 0 Å². The van der Waals surface area contributed by atoms with Gasteiger partial charge in [-0.25, -0.2) is 0 Å². The summed E-state index contributed by atoms with van der Waals surface area (Å²) in [6.07, 6.45) is 6.33. The van der Waals surface area contributed by atoms with Crippen LogP contribution in [-0.4, -0.2) is 16.9 Å². The van der Waals surface area contributed by atoms with Crippen molar-refractivity contribution in [2.24, 2.45) is 0 Å². The molecule has 1 nitrogen and oxygen atoms in total. The monoisotopic (exact) mass is 496 g/mol. The summed E-state index contributed by atoms with van der Waals surface area (Å²) in [5, 5.41) is 14.3. The fraction of sp³-hybridized carbons (Fsp3) is 0.286. The average Bonchev–Trinajstić information content (AvgIpc) is 2.76. The zero-order chi connectivity index (χ0) is 21.5. The van der Waals surface area contributed by atoms with Gasteiger partial charge in [-0.1, -0.05) is 60.2 Å². The van der Waals surface area contributed by atoms with Crippen LogP contribution in [0.5, 0.6) is 0 Å². The van der Waals surface area contributed by atoms with Crippen LogP contribution in [0, 0.1) is 0 Å². The van der Waals surface area contributed by atoms with E-state index in [2.05, 4.69) is 104 Å². The minimum absolute atomic E-state index is 0. The van der Waals surface area contributed by atoms with E-state index in [1.54, 1.807) is 0 Å². The summed E-state index contributed by atoms with van der Waals surface area (Å²) in [5.41, 5.74) is 0.821. The van der Waals surface area contributed by atoms with Gasteiger partial charge in [0.05, 0.1) is 11.8 Å². The minimum Gasteiger partial charge on any atom is -1.00 e. The van der Waals surface area contributed by atoms with Crippen molar-refractivity contribution in [1.29, 1.82) is 0 Å². The number of halogens is 1. The topological polar surface area (TPSA) is 20.2 Å². The van der Waals surface area contributed by atoms with Crippen molar-refractivity contribution in [3.63, 3.8) is 0 Å². The molecule has 0 atom stereocenters. The number of aliphatic hydroxyl groups is 1. The Morgan fingerprint density at radius 3 is 1.52 bits per heavy atom. The molecule has 3 rings (SSSR count). The Kier molecular flexibility index (Phi) is 9.69. The maximum atomic E-state index is 10.0. The third-order valence-corrected chi connectivity index (χ3v) is 9.93. The van der Waals surface area contributed by atoms with E-state index in [-0.39, 0.29) is 17.0 Å². The molecule has 0 aromatic heterocycles. The SMILES string of the molecule is C/C(=C\C[P+](c1ccccc1)(c1ccccc1)c1ccccc1)CCCC(C)(C)O.[Br-]. The van der Waals surface area contributed by atoms with Crippen molar-refractivity contribution >= 4 is 23.2 Å². The predicted octanol–water partition coefficient (Wildman–Crippen LogP) is 2.87. The molecule has 0 heterocycles. The smallest absolute Gasteiger partial charge is 0.115 e. The van der Waals surface area contributed by atoms with E-state index in [0.717, 1.165) is 25.4 Å². The lowest BCUT2D eigenvalue weighted by atomic mass is 9.99. The molecule has 3 aromatic carbocycles. The van der Waals surface area contributed by atoms with Crippen LogP contribution in [0.25, 0.3) is 0 Å². The van der Waals surface area contributed by atoms with Gasteiger partial charge >= 0.3 is 0 Å². The maximum Gasteiger partial charge on any atom is 0.115 e. The molecule has 0 fully saturated rings. The van der Waals surface area contributed by atoms with E-state index >= 15 is 0 Å². The first-order valence-corrected chi connectivity index (χ1v) is 12.8. The van der Waals surface area contributed by atoms with Crippen LogP contribution in [0.4, 0.5) is 0 Å². The highest BCUT2D eigenvalue weighted by Gasteiger charge is 2.44. The molecule has 0 aliphatic rings. The van der Waals surface area contributed by atoms with E-state index in [4.69, 9.17) is 0 Å². The molecule has 0 saturated heterocycles. The summed E-state index contributed by atoms with van der Waals surface area (Å²) < 4.78 is 0. The number of hydrogen-bond donors (Lipinski definition) is 1. The van der Waals surface area contributed by atoms with Crippen LogP contribution < -0.4 is 32.9 Å². The normalized spacial score (nSPS) is 12.3. The van der Waals surface area contributed by atoms with Crippen molar-refractivity contribution < 1.29 is 22.1 Å². The molecule has 0 aliphatic heterocycles. The second-order valence-corrected chi connectivity index (χ2v) is 12.2. The third-order valence-electron chi connectivity index (χ3n) is 5.66. The van der Waals surface area contributed by atoms with E-state index in [1.807, 2.05) is 13.8 Å². The van der Waals surface area contributed by atoms with Gasteiger partial charge in [-0.2, -0.15) is 0 Å². The Bertz CT molecular complexity index is 834. The number of hydrogen-bond acceptors (Lipinski definition) is 1. The fourth-order valence-electron chi connectivity index (χ4n) is 4.01. The summed E-state index contributed by atoms with van der Waals surface area (Å²) in [6.45, 7) is 6.02. The fourth-order valence-corrected chi connectivity index (χ4v) is 8.16. The van der Waals surface area contributed by atoms with Gasteiger partial charge in [0.2, 0.25) is 0 Å². The van der Waals surface area contributed by atoms with E-state index in [9.17, 15) is 5.11 Å². The molecule has 0 unspecified atom stereocenters. The van der Waals surface area contributed by atoms with Crippen molar-refractivity contribution in [3.05, 3.63) is 103 Å². The summed E-state index contributed by atoms with van der Waals surface area (Å²) >= 11 is 0. The van der Waals surface area contributed by atoms with Crippen LogP contribution >= 0.6 is 7.26 Å². The van der Waals surface area contributed by atoms with Gasteiger partial charge in [-0.05, 0) is 82.5 Å². The second-order valence-electron chi connectivity index (χ2n) is 8.72. The van der Waals surface area contributed by atoms with Gasteiger partial charge in [0.15, 0.2) is 0 Å². The molecule has 0 radical (unpaired) electrons. The van der Waals surface area contributed by atoms with Crippen molar-refractivity contribution in [3.8, 4) is 0 Å². The van der Waals surface area contributed by atoms with Gasteiger partial charge in [0.1, 0.15) is 23.2 Å². The second kappa shape index (κ2) is 11.8. The summed E-state index contributed by atoms with van der Waals surface area (Å²) in [5.74, 6) is 0. The summed E-state index contributed by atoms with van der Waals surface area (Å²) in [6, 6.07) is 33.1. The molecular formula is C28H34BrOP. The summed E-state index contributed by atoms with van der Waals surface area (Å²) in [7, 11) is -1.80. The molecule has 31 heavy (non-hydrogen) atoms.